The van der Waals surface area contributed by atoms with Crippen molar-refractivity contribution < 1.29 is 18.4 Å². The van der Waals surface area contributed by atoms with Gasteiger partial charge in [-0.1, -0.05) is 18.3 Å². The lowest BCUT2D eigenvalue weighted by Crippen LogP contribution is -2.30. The summed E-state index contributed by atoms with van der Waals surface area (Å²) in [7, 11) is 1.44. The van der Waals surface area contributed by atoms with Crippen LogP contribution in [0.5, 0.6) is 5.75 Å². The quantitative estimate of drug-likeness (QED) is 0.380. The van der Waals surface area contributed by atoms with E-state index in [-0.39, 0.29) is 34.2 Å². The molecular formula is C24H28F2N6O2. The third-order valence-electron chi connectivity index (χ3n) is 5.18. The lowest BCUT2D eigenvalue weighted by molar-refractivity contribution is 0.1000. The van der Waals surface area contributed by atoms with Crippen molar-refractivity contribution in [3.05, 3.63) is 60.3 Å². The smallest absolute Gasteiger partial charge is 0.250 e. The molecule has 0 radical (unpaired) electrons. The Kier molecular flexibility index (Phi) is 7.95. The number of aromatic nitrogens is 2. The number of pyridine rings is 2. The van der Waals surface area contributed by atoms with Crippen LogP contribution in [0, 0.1) is 11.7 Å². The maximum Gasteiger partial charge on any atom is 0.250 e. The fraction of sp³-hybridized carbons (Fsp3) is 0.292. The van der Waals surface area contributed by atoms with Crippen LogP contribution in [0.3, 0.4) is 0 Å². The van der Waals surface area contributed by atoms with Crippen LogP contribution < -0.4 is 26.6 Å². The molecule has 2 heterocycles. The van der Waals surface area contributed by atoms with E-state index in [1.165, 1.54) is 50.0 Å². The normalized spacial score (nSPS) is 11.9. The lowest BCUT2D eigenvalue weighted by atomic mass is 10.0. The van der Waals surface area contributed by atoms with Crippen molar-refractivity contribution in [2.75, 3.05) is 24.1 Å². The molecule has 0 aliphatic carbocycles. The van der Waals surface area contributed by atoms with Crippen molar-refractivity contribution in [1.29, 1.82) is 0 Å². The third-order valence-corrected chi connectivity index (χ3v) is 5.18. The Morgan fingerprint density at radius 1 is 1.21 bits per heavy atom. The molecule has 1 aromatic carbocycles. The van der Waals surface area contributed by atoms with Gasteiger partial charge in [-0.2, -0.15) is 5.12 Å². The summed E-state index contributed by atoms with van der Waals surface area (Å²) in [6, 6.07) is 6.87. The number of methoxy groups -OCH3 is 1. The number of nitrogens with two attached hydrogens (primary N) is 2. The lowest BCUT2D eigenvalue weighted by Gasteiger charge is -2.24. The van der Waals surface area contributed by atoms with Crippen molar-refractivity contribution in [3.63, 3.8) is 0 Å². The first kappa shape index (κ1) is 24.8. The van der Waals surface area contributed by atoms with Gasteiger partial charge in [0.1, 0.15) is 17.3 Å². The highest BCUT2D eigenvalue weighted by Crippen LogP contribution is 2.36. The second-order valence-electron chi connectivity index (χ2n) is 8.22. The number of anilines is 3. The molecule has 1 atom stereocenters. The fourth-order valence-electron chi connectivity index (χ4n) is 3.51. The molecule has 180 valence electrons. The first-order chi connectivity index (χ1) is 16.2. The van der Waals surface area contributed by atoms with Crippen LogP contribution in [-0.2, 0) is 0 Å². The fourth-order valence-corrected chi connectivity index (χ4v) is 3.51. The van der Waals surface area contributed by atoms with Crippen LogP contribution in [-0.4, -0.2) is 35.6 Å². The third kappa shape index (κ3) is 5.76. The Morgan fingerprint density at radius 2 is 1.97 bits per heavy atom. The van der Waals surface area contributed by atoms with E-state index in [1.54, 1.807) is 6.07 Å². The Hall–Kier alpha value is -3.79. The topological polar surface area (TPSA) is 119 Å². The van der Waals surface area contributed by atoms with E-state index in [9.17, 15) is 9.18 Å². The van der Waals surface area contributed by atoms with Gasteiger partial charge in [0, 0.05) is 30.4 Å². The van der Waals surface area contributed by atoms with Gasteiger partial charge in [0.15, 0.2) is 0 Å². The molecule has 0 aliphatic heterocycles. The average molecular weight is 471 g/mol. The number of rotatable bonds is 10. The predicted octanol–water partition coefficient (Wildman–Crippen LogP) is 4.20. The van der Waals surface area contributed by atoms with Gasteiger partial charge in [-0.05, 0) is 36.6 Å². The second kappa shape index (κ2) is 10.9. The maximum absolute atomic E-state index is 15.7. The first-order valence-electron chi connectivity index (χ1n) is 10.7. The molecule has 3 aromatic rings. The van der Waals surface area contributed by atoms with Gasteiger partial charge in [0.25, 0.3) is 0 Å². The molecule has 0 bridgehead atoms. The SMILES string of the molecule is COc1ccc(-c2cc(N(F)c3cncc(C(N)=O)c3)c(N[C@@H](CN)CC(C)C)cn2)c(F)c1. The monoisotopic (exact) mass is 470 g/mol. The minimum Gasteiger partial charge on any atom is -0.497 e. The van der Waals surface area contributed by atoms with Crippen molar-refractivity contribution in [1.82, 2.24) is 9.97 Å². The summed E-state index contributed by atoms with van der Waals surface area (Å²) in [6.07, 6.45) is 4.67. The molecule has 0 unspecified atom stereocenters. The number of primary amides is 1. The Labute approximate surface area is 196 Å². The zero-order chi connectivity index (χ0) is 24.8. The summed E-state index contributed by atoms with van der Waals surface area (Å²) >= 11 is 0. The highest BCUT2D eigenvalue weighted by molar-refractivity contribution is 5.93. The zero-order valence-corrected chi connectivity index (χ0v) is 19.3. The number of hydrogen-bond donors (Lipinski definition) is 3. The van der Waals surface area contributed by atoms with Gasteiger partial charge in [-0.25, -0.2) is 4.39 Å². The van der Waals surface area contributed by atoms with E-state index >= 15 is 4.48 Å². The number of hydrogen-bond acceptors (Lipinski definition) is 7. The number of benzene rings is 1. The molecule has 5 N–H and O–H groups in total. The van der Waals surface area contributed by atoms with Crippen molar-refractivity contribution in [2.45, 2.75) is 26.3 Å². The molecule has 8 nitrogen and oxygen atoms in total. The van der Waals surface area contributed by atoms with Crippen LogP contribution in [0.25, 0.3) is 11.3 Å². The molecule has 0 fully saturated rings. The summed E-state index contributed by atoms with van der Waals surface area (Å²) < 4.78 is 35.5. The number of ether oxygens (including phenoxy) is 1. The molecular weight excluding hydrogens is 442 g/mol. The first-order valence-corrected chi connectivity index (χ1v) is 10.7. The Bertz CT molecular complexity index is 1160. The van der Waals surface area contributed by atoms with E-state index in [1.807, 2.05) is 0 Å². The molecule has 2 aromatic heterocycles. The summed E-state index contributed by atoms with van der Waals surface area (Å²) in [5, 5.41) is 3.58. The van der Waals surface area contributed by atoms with Gasteiger partial charge in [0.05, 0.1) is 42.1 Å². The molecule has 0 saturated carbocycles. The summed E-state index contributed by atoms with van der Waals surface area (Å²) in [4.78, 5) is 19.8. The molecule has 34 heavy (non-hydrogen) atoms. The van der Waals surface area contributed by atoms with Crippen molar-refractivity contribution in [2.24, 2.45) is 17.4 Å². The zero-order valence-electron chi connectivity index (χ0n) is 19.3. The molecule has 1 amide bonds. The van der Waals surface area contributed by atoms with E-state index in [4.69, 9.17) is 16.2 Å². The van der Waals surface area contributed by atoms with E-state index in [0.29, 0.717) is 29.0 Å². The maximum atomic E-state index is 15.7. The van der Waals surface area contributed by atoms with Crippen LogP contribution >= 0.6 is 0 Å². The molecule has 3 rings (SSSR count). The molecule has 0 saturated heterocycles. The van der Waals surface area contributed by atoms with E-state index < -0.39 is 11.7 Å². The second-order valence-corrected chi connectivity index (χ2v) is 8.22. The summed E-state index contributed by atoms with van der Waals surface area (Å²) in [6.45, 7) is 4.43. The van der Waals surface area contributed by atoms with Crippen LogP contribution in [0.15, 0.2) is 48.9 Å². The highest BCUT2D eigenvalue weighted by Gasteiger charge is 2.20. The molecule has 0 spiro atoms. The number of carbonyl (C=O) groups is 1. The van der Waals surface area contributed by atoms with Crippen LogP contribution in [0.4, 0.5) is 25.9 Å². The van der Waals surface area contributed by atoms with Gasteiger partial charge in [0.2, 0.25) is 5.91 Å². The predicted molar refractivity (Wildman–Crippen MR) is 128 cm³/mol. The van der Waals surface area contributed by atoms with E-state index in [2.05, 4.69) is 29.1 Å². The van der Waals surface area contributed by atoms with E-state index in [0.717, 1.165) is 6.42 Å². The Balaban J connectivity index is 2.09. The number of nitrogens with one attached hydrogen (secondary N) is 1. The average Bonchev–Trinajstić information content (AvgIpc) is 2.83. The van der Waals surface area contributed by atoms with Crippen LogP contribution in [0.1, 0.15) is 30.6 Å². The number of nitrogens with zero attached hydrogens (tertiary/aromatic N) is 3. The van der Waals surface area contributed by atoms with Gasteiger partial charge < -0.3 is 21.5 Å². The highest BCUT2D eigenvalue weighted by atomic mass is 19.2. The largest absolute Gasteiger partial charge is 0.497 e. The number of carbonyl (C=O) groups excluding carboxylic acids is 1. The minimum absolute atomic E-state index is 0.0279. The van der Waals surface area contributed by atoms with Crippen molar-refractivity contribution >= 4 is 23.0 Å². The van der Waals surface area contributed by atoms with Crippen molar-refractivity contribution in [3.8, 4) is 17.0 Å². The molecule has 0 aliphatic rings. The molecule has 10 heteroatoms. The van der Waals surface area contributed by atoms with Crippen LogP contribution in [0.2, 0.25) is 0 Å². The van der Waals surface area contributed by atoms with Gasteiger partial charge in [-0.15, -0.1) is 0 Å². The van der Waals surface area contributed by atoms with Gasteiger partial charge in [-0.3, -0.25) is 14.8 Å². The Morgan fingerprint density at radius 3 is 2.59 bits per heavy atom. The van der Waals surface area contributed by atoms with Gasteiger partial charge >= 0.3 is 0 Å². The minimum atomic E-state index is -0.739. The number of amides is 1. The standard InChI is InChI=1S/C24H28F2N6O2/c1-14(2)6-16(10-27)31-22-13-30-21(19-5-4-18(34-3)8-20(19)25)9-23(22)32(26)17-7-15(24(28)33)11-29-12-17/h4-5,7-9,11-14,16,31H,6,10,27H2,1-3H3,(H2,28,33)/t16-/m1/s1. The number of halogens is 2. The summed E-state index contributed by atoms with van der Waals surface area (Å²) in [5.41, 5.74) is 12.0. The summed E-state index contributed by atoms with van der Waals surface area (Å²) in [5.74, 6) is -0.610.